The number of halogens is 90. The van der Waals surface area contributed by atoms with Gasteiger partial charge in [-0.15, -0.1) is 1120 Å². The molecule has 0 radical (unpaired) electrons. The first kappa shape index (κ1) is 1640. The maximum Gasteiger partial charge on any atom is 0.0587 e. The van der Waals surface area contributed by atoms with Crippen LogP contribution in [-0.4, -0.2) is 0 Å². The molecule has 0 aliphatic carbocycles. The summed E-state index contributed by atoms with van der Waals surface area (Å²) in [6.45, 7) is 14.3. The van der Waals surface area contributed by atoms with Crippen molar-refractivity contribution in [3.8, 4) is 60.7 Å². The van der Waals surface area contributed by atoms with Crippen molar-refractivity contribution in [2.45, 2.75) is 69.2 Å². The Labute approximate surface area is 1280 Å². The van der Waals surface area contributed by atoms with Gasteiger partial charge in [0.1, 0.15) is 0 Å². The van der Waals surface area contributed by atoms with Gasteiger partial charge in [0.05, 0.1) is 60.7 Å². The molecule has 0 spiro atoms. The summed E-state index contributed by atoms with van der Waals surface area (Å²) in [5, 5.41) is 73.2. The van der Waals surface area contributed by atoms with Gasteiger partial charge in [0.2, 0.25) is 0 Å². The van der Waals surface area contributed by atoms with Gasteiger partial charge in [-0.05, 0) is 0 Å². The van der Waals surface area contributed by atoms with Crippen LogP contribution in [0.4, 0.5) is 0 Å². The molecule has 0 rings (SSSR count). The second-order valence-electron chi connectivity index (χ2n) is 2.24. The molecule has 10 nitrogen and oxygen atoms in total. The van der Waals surface area contributed by atoms with Crippen molar-refractivity contribution in [1.29, 1.82) is 52.6 Å². The zero-order valence-corrected chi connectivity index (χ0v) is 130. The van der Waals surface area contributed by atoms with E-state index in [1.165, 1.54) is 69.2 Å². The highest BCUT2D eigenvalue weighted by Gasteiger charge is 1.20. The average Bonchev–Trinajstić information content (AvgIpc) is 2.61. The molecular formula is C20H120Cl90N10. The van der Waals surface area contributed by atoms with E-state index in [4.69, 9.17) is 52.6 Å². The first-order valence-corrected chi connectivity index (χ1v) is 7.24. The minimum atomic E-state index is 0. The Morgan fingerprint density at radius 3 is 0.0583 bits per heavy atom. The summed E-state index contributed by atoms with van der Waals surface area (Å²) in [7, 11) is 0. The quantitative estimate of drug-likeness (QED) is 0.222. The molecule has 0 heterocycles. The highest BCUT2D eigenvalue weighted by atomic mass is 35.5. The van der Waals surface area contributed by atoms with Crippen LogP contribution < -0.4 is 0 Å². The lowest BCUT2D eigenvalue weighted by Gasteiger charge is -1.15. The number of nitriles is 10. The van der Waals surface area contributed by atoms with Gasteiger partial charge in [0, 0.05) is 69.2 Å². The minimum absolute atomic E-state index is 0. The van der Waals surface area contributed by atoms with Crippen LogP contribution in [0.15, 0.2) is 0 Å². The van der Waals surface area contributed by atoms with Gasteiger partial charge in [-0.1, -0.05) is 0 Å². The SMILES string of the molecule is CC#N.CC#N.CC#N.CC#N.CC#N.CC#N.CC#N.CC#N.CC#N.CC#N.Cl.Cl.Cl.Cl.Cl.Cl.Cl.Cl.Cl.Cl.Cl.Cl.Cl.Cl.Cl.Cl.Cl.Cl.Cl.Cl.Cl.Cl.Cl.Cl.Cl.Cl.Cl.Cl.Cl.Cl.Cl.Cl.Cl.Cl.Cl.Cl.Cl.Cl.Cl.Cl.Cl.Cl.Cl.Cl.Cl.Cl.Cl.Cl.Cl.Cl.Cl.Cl.Cl.Cl.Cl.Cl.Cl.Cl.Cl.Cl.Cl.Cl.Cl.Cl.Cl.Cl.Cl.Cl.Cl.Cl.Cl.Cl.Cl.Cl.Cl.Cl.Cl.Cl.Cl.Cl.Cl.Cl.Cl.Cl.Cl.Cl.Cl.Cl.Cl.Cl. The van der Waals surface area contributed by atoms with Crippen molar-refractivity contribution < 1.29 is 0 Å². The van der Waals surface area contributed by atoms with E-state index in [0.29, 0.717) is 0 Å². The normalized spacial score (nSPS) is 0.667. The van der Waals surface area contributed by atoms with Gasteiger partial charge >= 0.3 is 0 Å². The Morgan fingerprint density at radius 1 is 0.0583 bits per heavy atom. The zero-order valence-electron chi connectivity index (χ0n) is 56.2. The Bertz CT molecular complexity index is 539. The van der Waals surface area contributed by atoms with Crippen LogP contribution in [0, 0.1) is 113 Å². The van der Waals surface area contributed by atoms with Crippen molar-refractivity contribution in [3.05, 3.63) is 0 Å². The molecule has 0 aromatic rings. The Hall–Kier alpha value is 21.0. The second-order valence-corrected chi connectivity index (χ2v) is 2.24. The molecule has 0 bridgehead atoms. The van der Waals surface area contributed by atoms with Crippen molar-refractivity contribution in [1.82, 2.24) is 0 Å². The molecule has 0 atom stereocenters. The van der Waals surface area contributed by atoms with Crippen molar-refractivity contribution in [3.63, 3.8) is 0 Å². The fourth-order valence-corrected chi connectivity index (χ4v) is 0. The summed E-state index contributed by atoms with van der Waals surface area (Å²) in [5.41, 5.74) is 0. The number of hydrogen-bond donors (Lipinski definition) is 0. The maximum absolute atomic E-state index is 7.32. The van der Waals surface area contributed by atoms with Crippen molar-refractivity contribution >= 4 is 1120 Å². The van der Waals surface area contributed by atoms with E-state index in [2.05, 4.69) is 0 Å². The largest absolute Gasteiger partial charge is 0.199 e. The molecule has 0 amide bonds. The van der Waals surface area contributed by atoms with Gasteiger partial charge in [0.25, 0.3) is 0 Å². The third kappa shape index (κ3) is 6000. The predicted octanol–water partition coefficient (Wildman–Crippen LogP) is 43.3. The van der Waals surface area contributed by atoms with Crippen LogP contribution in [-0.2, 0) is 0 Å². The molecule has 880 valence electrons. The highest BCUT2D eigenvalue weighted by Crippen LogP contribution is 1.24. The molecule has 100 heteroatoms. The van der Waals surface area contributed by atoms with Crippen LogP contribution in [0.2, 0.25) is 0 Å². The van der Waals surface area contributed by atoms with E-state index in [1.54, 1.807) is 60.7 Å². The van der Waals surface area contributed by atoms with Gasteiger partial charge in [-0.3, -0.25) is 0 Å². The van der Waals surface area contributed by atoms with Gasteiger partial charge in [-0.2, -0.15) is 52.6 Å². The molecule has 0 unspecified atom stereocenters. The Kier molecular flexibility index (Phi) is 38600. The van der Waals surface area contributed by atoms with Crippen LogP contribution in [0.5, 0.6) is 0 Å². The Balaban J connectivity index is -0.000000000349. The average molecular weight is 3690 g/mol. The van der Waals surface area contributed by atoms with E-state index in [0.717, 1.165) is 0 Å². The molecule has 0 aromatic carbocycles. The van der Waals surface area contributed by atoms with E-state index in [9.17, 15) is 0 Å². The predicted molar refractivity (Wildman–Crippen MR) is 765 cm³/mol. The summed E-state index contributed by atoms with van der Waals surface area (Å²) >= 11 is 0. The third-order valence-electron chi connectivity index (χ3n) is 0. The van der Waals surface area contributed by atoms with Crippen LogP contribution in [0.3, 0.4) is 0 Å². The molecule has 120 heavy (non-hydrogen) atoms. The monoisotopic (exact) mass is 3650 g/mol. The molecule has 0 aliphatic heterocycles. The molecule has 0 aromatic heterocycles. The lowest BCUT2D eigenvalue weighted by molar-refractivity contribution is 1.49. The van der Waals surface area contributed by atoms with E-state index in [1.807, 2.05) is 0 Å². The van der Waals surface area contributed by atoms with E-state index < -0.39 is 0 Å². The van der Waals surface area contributed by atoms with Crippen molar-refractivity contribution in [2.24, 2.45) is 0 Å². The molecule has 0 saturated carbocycles. The number of hydrogen-bond acceptors (Lipinski definition) is 10. The Morgan fingerprint density at radius 2 is 0.0583 bits per heavy atom. The van der Waals surface area contributed by atoms with Crippen LogP contribution >= 0.6 is 1120 Å². The minimum Gasteiger partial charge on any atom is -0.199 e. The standard InChI is InChI=1S/10C2H3N.90ClH/c10*1-2-3;;;;;;;;;;;;;;;;;;;;;;;;;;;;;;;;;;;;;;;;;;;;;;;;;;;;;;;;;;;;;;;;;;;;;;;;;;;;;;;;;;;;;;;;;;/h10*1H3;90*1H. The number of rotatable bonds is 0. The molecule has 0 saturated heterocycles. The fraction of sp³-hybridized carbons (Fsp3) is 0.500. The zero-order chi connectivity index (χ0) is 27.1. The van der Waals surface area contributed by atoms with E-state index >= 15 is 0 Å². The molecular weight excluding hydrogens is 3570 g/mol. The van der Waals surface area contributed by atoms with Crippen LogP contribution in [0.25, 0.3) is 0 Å². The lowest BCUT2D eigenvalue weighted by atomic mass is 11.0. The third-order valence-corrected chi connectivity index (χ3v) is 0. The summed E-state index contributed by atoms with van der Waals surface area (Å²) in [6, 6.07) is 17.5. The lowest BCUT2D eigenvalue weighted by Crippen LogP contribution is -1.10. The molecule has 0 fully saturated rings. The van der Waals surface area contributed by atoms with Gasteiger partial charge in [-0.25, -0.2) is 0 Å². The number of nitrogens with zero attached hydrogens (tertiary/aromatic N) is 10. The van der Waals surface area contributed by atoms with E-state index in [-0.39, 0.29) is 1120 Å². The maximum atomic E-state index is 7.32. The summed E-state index contributed by atoms with van der Waals surface area (Å²) in [6.07, 6.45) is 0. The highest BCUT2D eigenvalue weighted by molar-refractivity contribution is 5.94. The molecule has 0 N–H and O–H groups in total. The summed E-state index contributed by atoms with van der Waals surface area (Å²) in [5.74, 6) is 0. The van der Waals surface area contributed by atoms with Crippen LogP contribution in [0.1, 0.15) is 69.2 Å². The van der Waals surface area contributed by atoms with Crippen molar-refractivity contribution in [2.75, 3.05) is 0 Å². The van der Waals surface area contributed by atoms with Gasteiger partial charge in [0.15, 0.2) is 0 Å². The summed E-state index contributed by atoms with van der Waals surface area (Å²) < 4.78 is 0. The second kappa shape index (κ2) is 2810. The first-order valence-electron chi connectivity index (χ1n) is 7.24. The fourth-order valence-electron chi connectivity index (χ4n) is 0. The topological polar surface area (TPSA) is 238 Å². The first-order chi connectivity index (χ1) is 14.1. The summed E-state index contributed by atoms with van der Waals surface area (Å²) in [4.78, 5) is 0. The molecule has 0 aliphatic rings. The van der Waals surface area contributed by atoms with Gasteiger partial charge < -0.3 is 0 Å². The smallest absolute Gasteiger partial charge is 0.0587 e.